The van der Waals surface area contributed by atoms with Gasteiger partial charge in [-0.3, -0.25) is 9.59 Å². The Morgan fingerprint density at radius 3 is 1.92 bits per heavy atom. The molecule has 0 saturated carbocycles. The number of nitrogens with one attached hydrogen (secondary N) is 1. The summed E-state index contributed by atoms with van der Waals surface area (Å²) in [6.07, 6.45) is 3.31. The number of ketones is 1. The van der Waals surface area contributed by atoms with Crippen LogP contribution in [-0.2, 0) is 5.41 Å². The number of benzene rings is 2. The maximum absolute atomic E-state index is 12.2. The molecule has 0 fully saturated rings. The molecule has 3 heteroatoms. The second-order valence-corrected chi connectivity index (χ2v) is 6.73. The zero-order valence-electron chi connectivity index (χ0n) is 14.6. The molecule has 0 radical (unpaired) electrons. The topological polar surface area (TPSA) is 46.2 Å². The van der Waals surface area contributed by atoms with Gasteiger partial charge in [-0.2, -0.15) is 0 Å². The summed E-state index contributed by atoms with van der Waals surface area (Å²) in [5, 5.41) is 2.58. The molecule has 0 saturated heterocycles. The Balaban J connectivity index is 2.08. The third-order valence-electron chi connectivity index (χ3n) is 3.86. The average molecular weight is 321 g/mol. The van der Waals surface area contributed by atoms with Gasteiger partial charge in [0.15, 0.2) is 5.78 Å². The van der Waals surface area contributed by atoms with E-state index in [1.54, 1.807) is 31.3 Å². The highest BCUT2D eigenvalue weighted by Crippen LogP contribution is 2.22. The van der Waals surface area contributed by atoms with Crippen LogP contribution in [0.5, 0.6) is 0 Å². The fourth-order valence-electron chi connectivity index (χ4n) is 2.29. The van der Waals surface area contributed by atoms with E-state index in [-0.39, 0.29) is 17.1 Å². The molecule has 2 rings (SSSR count). The molecule has 1 N–H and O–H groups in total. The minimum absolute atomic E-state index is 0.0363. The third-order valence-corrected chi connectivity index (χ3v) is 3.86. The Morgan fingerprint density at radius 2 is 1.42 bits per heavy atom. The maximum Gasteiger partial charge on any atom is 0.251 e. The first-order valence-corrected chi connectivity index (χ1v) is 7.96. The molecule has 0 atom stereocenters. The Labute approximate surface area is 143 Å². The minimum atomic E-state index is -0.124. The van der Waals surface area contributed by atoms with Gasteiger partial charge < -0.3 is 5.32 Å². The van der Waals surface area contributed by atoms with Crippen LogP contribution in [0.1, 0.15) is 52.6 Å². The lowest BCUT2D eigenvalue weighted by atomic mass is 9.86. The summed E-state index contributed by atoms with van der Waals surface area (Å²) in [6, 6.07) is 14.8. The average Bonchev–Trinajstić information content (AvgIpc) is 2.58. The highest BCUT2D eigenvalue weighted by molar-refractivity contribution is 6.06. The van der Waals surface area contributed by atoms with Gasteiger partial charge in [-0.1, -0.05) is 63.2 Å². The minimum Gasteiger partial charge on any atom is -0.355 e. The second-order valence-electron chi connectivity index (χ2n) is 6.73. The molecule has 0 spiro atoms. The van der Waals surface area contributed by atoms with E-state index in [1.165, 1.54) is 5.56 Å². The molecule has 1 amide bonds. The van der Waals surface area contributed by atoms with Gasteiger partial charge in [0, 0.05) is 18.2 Å². The highest BCUT2D eigenvalue weighted by Gasteiger charge is 2.13. The predicted molar refractivity (Wildman–Crippen MR) is 98.3 cm³/mol. The summed E-state index contributed by atoms with van der Waals surface area (Å²) in [5.41, 5.74) is 3.42. The molecule has 0 aromatic heterocycles. The lowest BCUT2D eigenvalue weighted by Gasteiger charge is -2.18. The van der Waals surface area contributed by atoms with Crippen molar-refractivity contribution in [3.8, 4) is 0 Å². The molecule has 124 valence electrons. The number of hydrogen-bond acceptors (Lipinski definition) is 2. The summed E-state index contributed by atoms with van der Waals surface area (Å²) >= 11 is 0. The number of carbonyl (C=O) groups is 2. The van der Waals surface area contributed by atoms with Crippen LogP contribution in [-0.4, -0.2) is 18.7 Å². The number of rotatable bonds is 4. The van der Waals surface area contributed by atoms with Gasteiger partial charge in [-0.15, -0.1) is 0 Å². The standard InChI is InChI=1S/C21H23NO2/c1-21(2,3)18-12-10-16(11-13-18)19(23)14-7-15-5-8-17(9-6-15)20(24)22-4/h5-14H,1-4H3,(H,22,24). The van der Waals surface area contributed by atoms with E-state index in [0.29, 0.717) is 11.1 Å². The third kappa shape index (κ3) is 4.42. The molecule has 0 bridgehead atoms. The fraction of sp³-hybridized carbons (Fsp3) is 0.238. The predicted octanol–water partition coefficient (Wildman–Crippen LogP) is 4.24. The molecule has 0 aliphatic carbocycles. The van der Waals surface area contributed by atoms with Crippen LogP contribution in [0.2, 0.25) is 0 Å². The quantitative estimate of drug-likeness (QED) is 0.676. The number of amides is 1. The zero-order chi connectivity index (χ0) is 17.7. The van der Waals surface area contributed by atoms with Crippen molar-refractivity contribution in [2.45, 2.75) is 26.2 Å². The second kappa shape index (κ2) is 7.26. The summed E-state index contributed by atoms with van der Waals surface area (Å²) in [7, 11) is 1.60. The molecule has 0 aliphatic heterocycles. The van der Waals surface area contributed by atoms with Crippen LogP contribution < -0.4 is 5.32 Å². The number of hydrogen-bond donors (Lipinski definition) is 1. The van der Waals surface area contributed by atoms with Crippen molar-refractivity contribution in [2.75, 3.05) is 7.05 Å². The van der Waals surface area contributed by atoms with Gasteiger partial charge in [0.25, 0.3) is 5.91 Å². The van der Waals surface area contributed by atoms with E-state index in [0.717, 1.165) is 5.56 Å². The lowest BCUT2D eigenvalue weighted by Crippen LogP contribution is -2.17. The van der Waals surface area contributed by atoms with E-state index in [2.05, 4.69) is 26.1 Å². The first-order valence-electron chi connectivity index (χ1n) is 7.96. The van der Waals surface area contributed by atoms with Gasteiger partial charge in [-0.05, 0) is 34.8 Å². The molecule has 0 aliphatic rings. The maximum atomic E-state index is 12.2. The van der Waals surface area contributed by atoms with Crippen LogP contribution in [0.25, 0.3) is 6.08 Å². The highest BCUT2D eigenvalue weighted by atomic mass is 16.1. The van der Waals surface area contributed by atoms with Crippen molar-refractivity contribution in [3.63, 3.8) is 0 Å². The molecular weight excluding hydrogens is 298 g/mol. The molecule has 0 unspecified atom stereocenters. The molecular formula is C21H23NO2. The fourth-order valence-corrected chi connectivity index (χ4v) is 2.29. The Hall–Kier alpha value is -2.68. The first-order chi connectivity index (χ1) is 11.3. The Morgan fingerprint density at radius 1 is 0.875 bits per heavy atom. The van der Waals surface area contributed by atoms with Gasteiger partial charge in [0.2, 0.25) is 0 Å². The lowest BCUT2D eigenvalue weighted by molar-refractivity contribution is 0.0962. The van der Waals surface area contributed by atoms with Gasteiger partial charge >= 0.3 is 0 Å². The van der Waals surface area contributed by atoms with Crippen molar-refractivity contribution in [1.29, 1.82) is 0 Å². The van der Waals surface area contributed by atoms with Gasteiger partial charge in [0.05, 0.1) is 0 Å². The zero-order valence-corrected chi connectivity index (χ0v) is 14.6. The smallest absolute Gasteiger partial charge is 0.251 e. The van der Waals surface area contributed by atoms with Crippen molar-refractivity contribution >= 4 is 17.8 Å². The Kier molecular flexibility index (Phi) is 5.35. The SMILES string of the molecule is CNC(=O)c1ccc(C=CC(=O)c2ccc(C(C)(C)C)cc2)cc1. The first kappa shape index (κ1) is 17.7. The summed E-state index contributed by atoms with van der Waals surface area (Å²) in [4.78, 5) is 23.7. The number of carbonyl (C=O) groups excluding carboxylic acids is 2. The van der Waals surface area contributed by atoms with Crippen LogP contribution in [0.4, 0.5) is 0 Å². The molecule has 3 nitrogen and oxygen atoms in total. The molecule has 2 aromatic rings. The summed E-state index contributed by atoms with van der Waals surface area (Å²) in [5.74, 6) is -0.161. The number of allylic oxidation sites excluding steroid dienone is 1. The summed E-state index contributed by atoms with van der Waals surface area (Å²) < 4.78 is 0. The Bertz CT molecular complexity index is 748. The summed E-state index contributed by atoms with van der Waals surface area (Å²) in [6.45, 7) is 6.44. The van der Waals surface area contributed by atoms with Crippen LogP contribution in [0.15, 0.2) is 54.6 Å². The van der Waals surface area contributed by atoms with E-state index in [9.17, 15) is 9.59 Å². The monoisotopic (exact) mass is 321 g/mol. The van der Waals surface area contributed by atoms with E-state index >= 15 is 0 Å². The molecule has 0 heterocycles. The van der Waals surface area contributed by atoms with Crippen LogP contribution >= 0.6 is 0 Å². The van der Waals surface area contributed by atoms with Crippen LogP contribution in [0, 0.1) is 0 Å². The van der Waals surface area contributed by atoms with E-state index < -0.39 is 0 Å². The van der Waals surface area contributed by atoms with Gasteiger partial charge in [0.1, 0.15) is 0 Å². The molecule has 2 aromatic carbocycles. The van der Waals surface area contributed by atoms with Crippen molar-refractivity contribution in [1.82, 2.24) is 5.32 Å². The van der Waals surface area contributed by atoms with E-state index in [4.69, 9.17) is 0 Å². The van der Waals surface area contributed by atoms with Gasteiger partial charge in [-0.25, -0.2) is 0 Å². The van der Waals surface area contributed by atoms with Crippen LogP contribution in [0.3, 0.4) is 0 Å². The normalized spacial score (nSPS) is 11.5. The van der Waals surface area contributed by atoms with Crippen molar-refractivity contribution in [3.05, 3.63) is 76.9 Å². The molecule has 24 heavy (non-hydrogen) atoms. The van der Waals surface area contributed by atoms with E-state index in [1.807, 2.05) is 36.4 Å². The van der Waals surface area contributed by atoms with Crippen molar-refractivity contribution in [2.24, 2.45) is 0 Å². The van der Waals surface area contributed by atoms with Crippen molar-refractivity contribution < 1.29 is 9.59 Å². The largest absolute Gasteiger partial charge is 0.355 e.